The molecule has 2 unspecified atom stereocenters. The molecule has 0 saturated carbocycles. The van der Waals surface area contributed by atoms with E-state index in [1.165, 1.54) is 0 Å². The predicted octanol–water partition coefficient (Wildman–Crippen LogP) is 3.22. The molecule has 2 aliphatic rings. The second-order valence-electron chi connectivity index (χ2n) is 7.60. The molecule has 1 aromatic rings. The van der Waals surface area contributed by atoms with Gasteiger partial charge in [0.1, 0.15) is 5.75 Å². The summed E-state index contributed by atoms with van der Waals surface area (Å²) in [6.45, 7) is 11.8. The number of carbonyl (C=O) groups excluding carboxylic acids is 2. The number of ether oxygens (including phenoxy) is 3. The van der Waals surface area contributed by atoms with Gasteiger partial charge in [-0.15, -0.1) is 0 Å². The van der Waals surface area contributed by atoms with E-state index in [2.05, 4.69) is 13.5 Å². The van der Waals surface area contributed by atoms with Gasteiger partial charge in [0.15, 0.2) is 0 Å². The van der Waals surface area contributed by atoms with Crippen molar-refractivity contribution >= 4 is 17.5 Å². The molecule has 1 spiro atoms. The van der Waals surface area contributed by atoms with Gasteiger partial charge in [0, 0.05) is 13.1 Å². The zero-order valence-corrected chi connectivity index (χ0v) is 16.2. The molecule has 146 valence electrons. The minimum Gasteiger partial charge on any atom is -0.494 e. The normalized spacial score (nSPS) is 24.6. The number of allylic oxidation sites excluding steroid dienone is 1. The van der Waals surface area contributed by atoms with Gasteiger partial charge in [-0.2, -0.15) is 0 Å². The van der Waals surface area contributed by atoms with E-state index in [0.717, 1.165) is 29.7 Å². The lowest BCUT2D eigenvalue weighted by Gasteiger charge is -2.46. The van der Waals surface area contributed by atoms with Crippen LogP contribution in [0.4, 0.5) is 0 Å². The number of likely N-dealkylation sites (tertiary alicyclic amines) is 1. The Balaban J connectivity index is 1.57. The number of hydrogen-bond acceptors (Lipinski definition) is 6. The van der Waals surface area contributed by atoms with Crippen molar-refractivity contribution in [2.24, 2.45) is 11.8 Å². The lowest BCUT2D eigenvalue weighted by atomic mass is 9.88. The Kier molecular flexibility index (Phi) is 5.56. The number of piperidine rings is 1. The molecule has 2 aliphatic heterocycles. The quantitative estimate of drug-likeness (QED) is 0.433. The summed E-state index contributed by atoms with van der Waals surface area (Å²) in [5.41, 5.74) is 2.10. The van der Waals surface area contributed by atoms with Crippen molar-refractivity contribution in [3.05, 3.63) is 36.4 Å². The first-order valence-corrected chi connectivity index (χ1v) is 9.42. The Hall–Kier alpha value is -2.34. The van der Waals surface area contributed by atoms with E-state index in [9.17, 15) is 9.59 Å². The van der Waals surface area contributed by atoms with Crippen molar-refractivity contribution < 1.29 is 23.8 Å². The van der Waals surface area contributed by atoms with Crippen molar-refractivity contribution in [2.75, 3.05) is 19.7 Å². The van der Waals surface area contributed by atoms with Crippen LogP contribution in [-0.2, 0) is 19.1 Å². The van der Waals surface area contributed by atoms with Crippen molar-refractivity contribution in [2.45, 2.75) is 39.5 Å². The molecule has 2 heterocycles. The lowest BCUT2D eigenvalue weighted by molar-refractivity contribution is -0.293. The van der Waals surface area contributed by atoms with Crippen LogP contribution in [-0.4, -0.2) is 42.4 Å². The second kappa shape index (κ2) is 7.72. The molecule has 2 fully saturated rings. The zero-order valence-electron chi connectivity index (χ0n) is 16.2. The Morgan fingerprint density at radius 2 is 1.85 bits per heavy atom. The summed E-state index contributed by atoms with van der Waals surface area (Å²) < 4.78 is 16.6. The van der Waals surface area contributed by atoms with Gasteiger partial charge < -0.3 is 14.2 Å². The van der Waals surface area contributed by atoms with Crippen LogP contribution in [0.5, 0.6) is 5.75 Å². The Morgan fingerprint density at radius 3 is 2.44 bits per heavy atom. The van der Waals surface area contributed by atoms with Crippen LogP contribution in [0.1, 0.15) is 39.2 Å². The molecule has 0 aromatic heterocycles. The molecule has 0 N–H and O–H groups in total. The summed E-state index contributed by atoms with van der Waals surface area (Å²) in [5.74, 6) is -1.92. The first-order valence-electron chi connectivity index (χ1n) is 9.42. The summed E-state index contributed by atoms with van der Waals surface area (Å²) in [6, 6.07) is 7.82. The summed E-state index contributed by atoms with van der Waals surface area (Å²) in [6.07, 6.45) is 1.56. The first kappa shape index (κ1) is 19.4. The molecule has 0 bridgehead atoms. The number of benzene rings is 1. The molecular formula is C21H27NO5. The summed E-state index contributed by atoms with van der Waals surface area (Å²) >= 11 is 0. The third kappa shape index (κ3) is 4.00. The average molecular weight is 373 g/mol. The number of rotatable bonds is 6. The molecule has 2 atom stereocenters. The van der Waals surface area contributed by atoms with E-state index in [4.69, 9.17) is 14.2 Å². The van der Waals surface area contributed by atoms with Crippen LogP contribution < -0.4 is 4.74 Å². The summed E-state index contributed by atoms with van der Waals surface area (Å²) in [7, 11) is 0. The number of esters is 2. The van der Waals surface area contributed by atoms with Crippen LogP contribution in [0.2, 0.25) is 0 Å². The summed E-state index contributed by atoms with van der Waals surface area (Å²) in [5, 5.41) is 0. The maximum Gasteiger partial charge on any atom is 0.421 e. The highest BCUT2D eigenvalue weighted by Gasteiger charge is 2.58. The van der Waals surface area contributed by atoms with E-state index < -0.39 is 17.8 Å². The molecule has 0 amide bonds. The fourth-order valence-electron chi connectivity index (χ4n) is 3.87. The fourth-order valence-corrected chi connectivity index (χ4v) is 3.87. The second-order valence-corrected chi connectivity index (χ2v) is 7.60. The van der Waals surface area contributed by atoms with E-state index in [-0.39, 0.29) is 5.92 Å². The molecule has 2 saturated heterocycles. The average Bonchev–Trinajstić information content (AvgIpc) is 2.92. The largest absolute Gasteiger partial charge is 0.494 e. The molecule has 3 rings (SSSR count). The van der Waals surface area contributed by atoms with Gasteiger partial charge in [-0.3, -0.25) is 0 Å². The van der Waals surface area contributed by atoms with E-state index in [1.54, 1.807) is 0 Å². The SMILES string of the molecule is C=C(C)c1ccc(OCCCN2CC(C)CC(C)C23OC(=O)C(=O)O3)cc1. The highest BCUT2D eigenvalue weighted by molar-refractivity contribution is 6.31. The van der Waals surface area contributed by atoms with Crippen molar-refractivity contribution in [3.63, 3.8) is 0 Å². The number of carbonyl (C=O) groups is 2. The monoisotopic (exact) mass is 373 g/mol. The lowest BCUT2D eigenvalue weighted by Crippen LogP contribution is -2.60. The van der Waals surface area contributed by atoms with Gasteiger partial charge in [0.2, 0.25) is 0 Å². The van der Waals surface area contributed by atoms with E-state index in [1.807, 2.05) is 43.0 Å². The molecule has 0 aliphatic carbocycles. The maximum atomic E-state index is 11.7. The molecule has 6 heteroatoms. The Bertz CT molecular complexity index is 711. The maximum absolute atomic E-state index is 11.7. The number of hydrogen-bond donors (Lipinski definition) is 0. The van der Waals surface area contributed by atoms with E-state index in [0.29, 0.717) is 25.6 Å². The highest BCUT2D eigenvalue weighted by atomic mass is 16.8. The van der Waals surface area contributed by atoms with Crippen LogP contribution in [0, 0.1) is 11.8 Å². The third-order valence-corrected chi connectivity index (χ3v) is 5.18. The third-order valence-electron chi connectivity index (χ3n) is 5.18. The van der Waals surface area contributed by atoms with Crippen LogP contribution in [0.3, 0.4) is 0 Å². The van der Waals surface area contributed by atoms with Gasteiger partial charge in [-0.05, 0) is 43.4 Å². The predicted molar refractivity (Wildman–Crippen MR) is 101 cm³/mol. The molecule has 0 radical (unpaired) electrons. The summed E-state index contributed by atoms with van der Waals surface area (Å²) in [4.78, 5) is 25.3. The van der Waals surface area contributed by atoms with Crippen molar-refractivity contribution in [1.82, 2.24) is 4.90 Å². The zero-order chi connectivity index (χ0) is 19.6. The molecule has 1 aromatic carbocycles. The molecular weight excluding hydrogens is 346 g/mol. The standard InChI is InChI=1S/C21H27NO5/c1-14(2)17-6-8-18(9-7-17)25-11-5-10-22-13-15(3)12-16(4)21(22)26-19(23)20(24)27-21/h6-9,15-16H,1,5,10-13H2,2-4H3. The fraction of sp³-hybridized carbons (Fsp3) is 0.524. The van der Waals surface area contributed by atoms with Gasteiger partial charge in [0.05, 0.1) is 12.5 Å². The van der Waals surface area contributed by atoms with E-state index >= 15 is 0 Å². The van der Waals surface area contributed by atoms with Crippen LogP contribution in [0.15, 0.2) is 30.8 Å². The Labute approximate surface area is 160 Å². The molecule has 6 nitrogen and oxygen atoms in total. The van der Waals surface area contributed by atoms with Crippen molar-refractivity contribution in [3.8, 4) is 5.75 Å². The minimum atomic E-state index is -1.26. The Morgan fingerprint density at radius 1 is 1.22 bits per heavy atom. The minimum absolute atomic E-state index is 0.0766. The van der Waals surface area contributed by atoms with Gasteiger partial charge >= 0.3 is 17.8 Å². The van der Waals surface area contributed by atoms with Crippen LogP contribution >= 0.6 is 0 Å². The van der Waals surface area contributed by atoms with Gasteiger partial charge in [0.25, 0.3) is 0 Å². The first-order chi connectivity index (χ1) is 12.8. The highest BCUT2D eigenvalue weighted by Crippen LogP contribution is 2.41. The van der Waals surface area contributed by atoms with Crippen molar-refractivity contribution in [1.29, 1.82) is 0 Å². The van der Waals surface area contributed by atoms with Crippen LogP contribution in [0.25, 0.3) is 5.57 Å². The van der Waals surface area contributed by atoms with Gasteiger partial charge in [-0.1, -0.05) is 38.1 Å². The smallest absolute Gasteiger partial charge is 0.421 e. The molecule has 27 heavy (non-hydrogen) atoms. The van der Waals surface area contributed by atoms with Gasteiger partial charge in [-0.25, -0.2) is 14.5 Å². The topological polar surface area (TPSA) is 65.1 Å². The number of nitrogens with zero attached hydrogens (tertiary/aromatic N) is 1.